The Bertz CT molecular complexity index is 654. The number of nitrogens with zero attached hydrogens (tertiary/aromatic N) is 2. The number of nitriles is 1. The van der Waals surface area contributed by atoms with Crippen molar-refractivity contribution in [1.29, 1.82) is 5.26 Å². The summed E-state index contributed by atoms with van der Waals surface area (Å²) in [5.74, 6) is 0. The van der Waals surface area contributed by atoms with Gasteiger partial charge in [-0.15, -0.1) is 0 Å². The molecule has 0 amide bonds. The van der Waals surface area contributed by atoms with Crippen LogP contribution in [0.3, 0.4) is 0 Å². The molecule has 0 heterocycles. The van der Waals surface area contributed by atoms with Gasteiger partial charge < -0.3 is 10.0 Å². The molecule has 0 aromatic heterocycles. The summed E-state index contributed by atoms with van der Waals surface area (Å²) in [5.41, 5.74) is 4.76. The summed E-state index contributed by atoms with van der Waals surface area (Å²) in [6, 6.07) is 15.9. The Morgan fingerprint density at radius 1 is 1.19 bits per heavy atom. The van der Waals surface area contributed by atoms with Crippen molar-refractivity contribution in [2.45, 2.75) is 26.5 Å². The molecule has 1 atom stereocenters. The molecule has 0 aliphatic rings. The van der Waals surface area contributed by atoms with Crippen LogP contribution in [0.25, 0.3) is 0 Å². The fraction of sp³-hybridized carbons (Fsp3) is 0.278. The van der Waals surface area contributed by atoms with Gasteiger partial charge in [0.05, 0.1) is 17.7 Å². The molecule has 108 valence electrons. The average Bonchev–Trinajstić information content (AvgIpc) is 2.48. The first-order chi connectivity index (χ1) is 10.0. The minimum absolute atomic E-state index is 0.562. The fourth-order valence-corrected chi connectivity index (χ4v) is 2.35. The average molecular weight is 280 g/mol. The first kappa shape index (κ1) is 15.1. The summed E-state index contributed by atoms with van der Waals surface area (Å²) in [5, 5.41) is 19.0. The highest BCUT2D eigenvalue weighted by Gasteiger charge is 2.13. The van der Waals surface area contributed by atoms with Crippen LogP contribution in [-0.2, 0) is 6.54 Å². The molecular weight excluding hydrogens is 260 g/mol. The zero-order valence-electron chi connectivity index (χ0n) is 12.7. The Kier molecular flexibility index (Phi) is 4.62. The Labute approximate surface area is 126 Å². The van der Waals surface area contributed by atoms with Gasteiger partial charge in [0.1, 0.15) is 0 Å². The molecule has 2 aromatic carbocycles. The molecule has 0 bridgehead atoms. The van der Waals surface area contributed by atoms with Crippen LogP contribution in [0.4, 0.5) is 5.69 Å². The third kappa shape index (κ3) is 3.62. The fourth-order valence-electron chi connectivity index (χ4n) is 2.35. The van der Waals surface area contributed by atoms with Crippen LogP contribution in [0.1, 0.15) is 35.3 Å². The van der Waals surface area contributed by atoms with Crippen LogP contribution in [0, 0.1) is 18.3 Å². The van der Waals surface area contributed by atoms with E-state index in [2.05, 4.69) is 42.2 Å². The summed E-state index contributed by atoms with van der Waals surface area (Å²) >= 11 is 0. The van der Waals surface area contributed by atoms with E-state index in [0.717, 1.165) is 17.8 Å². The van der Waals surface area contributed by atoms with Crippen molar-refractivity contribution in [3.63, 3.8) is 0 Å². The van der Waals surface area contributed by atoms with Crippen molar-refractivity contribution >= 4 is 5.69 Å². The second kappa shape index (κ2) is 6.43. The predicted molar refractivity (Wildman–Crippen MR) is 85.1 cm³/mol. The summed E-state index contributed by atoms with van der Waals surface area (Å²) < 4.78 is 0. The molecular formula is C18H20N2O. The van der Waals surface area contributed by atoms with Crippen LogP contribution >= 0.6 is 0 Å². The van der Waals surface area contributed by atoms with E-state index in [-0.39, 0.29) is 0 Å². The zero-order valence-corrected chi connectivity index (χ0v) is 12.7. The van der Waals surface area contributed by atoms with Crippen molar-refractivity contribution in [2.75, 3.05) is 11.9 Å². The lowest BCUT2D eigenvalue weighted by molar-refractivity contribution is 0.199. The first-order valence-corrected chi connectivity index (χ1v) is 7.00. The largest absolute Gasteiger partial charge is 0.389 e. The van der Waals surface area contributed by atoms with Gasteiger partial charge in [0.15, 0.2) is 0 Å². The van der Waals surface area contributed by atoms with Crippen molar-refractivity contribution in [3.05, 3.63) is 64.7 Å². The summed E-state index contributed by atoms with van der Waals surface area (Å²) in [7, 11) is 1.97. The van der Waals surface area contributed by atoms with Gasteiger partial charge in [-0.25, -0.2) is 0 Å². The van der Waals surface area contributed by atoms with Crippen molar-refractivity contribution in [1.82, 2.24) is 0 Å². The molecule has 0 radical (unpaired) electrons. The van der Waals surface area contributed by atoms with Crippen molar-refractivity contribution < 1.29 is 5.11 Å². The van der Waals surface area contributed by atoms with E-state index in [1.165, 1.54) is 11.1 Å². The number of hydrogen-bond donors (Lipinski definition) is 1. The normalized spacial score (nSPS) is 11.8. The van der Waals surface area contributed by atoms with Crippen LogP contribution in [-0.4, -0.2) is 12.2 Å². The van der Waals surface area contributed by atoms with Crippen LogP contribution in [0.2, 0.25) is 0 Å². The van der Waals surface area contributed by atoms with E-state index >= 15 is 0 Å². The second-order valence-corrected chi connectivity index (χ2v) is 5.40. The number of aliphatic hydroxyl groups excluding tert-OH is 1. The maximum absolute atomic E-state index is 9.91. The molecule has 0 aliphatic heterocycles. The number of anilines is 1. The molecule has 1 N–H and O–H groups in total. The van der Waals surface area contributed by atoms with Crippen molar-refractivity contribution in [3.8, 4) is 6.07 Å². The maximum Gasteiger partial charge on any atom is 0.0992 e. The van der Waals surface area contributed by atoms with Gasteiger partial charge in [-0.1, -0.05) is 35.9 Å². The molecule has 3 nitrogen and oxygen atoms in total. The van der Waals surface area contributed by atoms with E-state index in [1.54, 1.807) is 13.0 Å². The number of rotatable bonds is 4. The Morgan fingerprint density at radius 3 is 2.43 bits per heavy atom. The van der Waals surface area contributed by atoms with Gasteiger partial charge in [-0.3, -0.25) is 0 Å². The summed E-state index contributed by atoms with van der Waals surface area (Å²) in [6.07, 6.45) is -0.562. The molecule has 0 saturated carbocycles. The minimum atomic E-state index is -0.562. The third-order valence-electron chi connectivity index (χ3n) is 3.56. The highest BCUT2D eigenvalue weighted by atomic mass is 16.3. The second-order valence-electron chi connectivity index (χ2n) is 5.40. The molecule has 2 rings (SSSR count). The smallest absolute Gasteiger partial charge is 0.0992 e. The van der Waals surface area contributed by atoms with E-state index in [0.29, 0.717) is 5.56 Å². The molecule has 0 aliphatic carbocycles. The van der Waals surface area contributed by atoms with Gasteiger partial charge >= 0.3 is 0 Å². The lowest BCUT2D eigenvalue weighted by Gasteiger charge is -2.24. The minimum Gasteiger partial charge on any atom is -0.389 e. The number of aliphatic hydroxyl groups is 1. The predicted octanol–water partition coefficient (Wildman–Crippen LogP) is 3.56. The topological polar surface area (TPSA) is 47.3 Å². The van der Waals surface area contributed by atoms with E-state index in [1.807, 2.05) is 19.2 Å². The Hall–Kier alpha value is -2.31. The van der Waals surface area contributed by atoms with E-state index < -0.39 is 6.10 Å². The van der Waals surface area contributed by atoms with Crippen molar-refractivity contribution in [2.24, 2.45) is 0 Å². The maximum atomic E-state index is 9.91. The molecule has 2 aromatic rings. The third-order valence-corrected chi connectivity index (χ3v) is 3.56. The summed E-state index contributed by atoms with van der Waals surface area (Å²) in [6.45, 7) is 4.54. The quantitative estimate of drug-likeness (QED) is 0.931. The summed E-state index contributed by atoms with van der Waals surface area (Å²) in [4.78, 5) is 2.06. The van der Waals surface area contributed by atoms with E-state index in [9.17, 15) is 5.11 Å². The molecule has 0 fully saturated rings. The SMILES string of the molecule is Cc1ccc(CN(C)c2cc(C#N)ccc2C(C)O)cc1. The van der Waals surface area contributed by atoms with Crippen LogP contribution in [0.15, 0.2) is 42.5 Å². The standard InChI is InChI=1S/C18H20N2O/c1-13-4-6-15(7-5-13)12-20(3)18-10-16(11-19)8-9-17(18)14(2)21/h4-10,14,21H,12H2,1-3H3. The van der Waals surface area contributed by atoms with E-state index in [4.69, 9.17) is 5.26 Å². The van der Waals surface area contributed by atoms with Crippen LogP contribution in [0.5, 0.6) is 0 Å². The molecule has 0 spiro atoms. The first-order valence-electron chi connectivity index (χ1n) is 7.00. The Morgan fingerprint density at radius 2 is 1.86 bits per heavy atom. The molecule has 21 heavy (non-hydrogen) atoms. The molecule has 0 saturated heterocycles. The van der Waals surface area contributed by atoms with Crippen LogP contribution < -0.4 is 4.90 Å². The van der Waals surface area contributed by atoms with Gasteiger partial charge in [0.2, 0.25) is 0 Å². The monoisotopic (exact) mass is 280 g/mol. The molecule has 1 unspecified atom stereocenters. The van der Waals surface area contributed by atoms with Gasteiger partial charge in [0, 0.05) is 24.8 Å². The highest BCUT2D eigenvalue weighted by molar-refractivity contribution is 5.58. The zero-order chi connectivity index (χ0) is 15.4. The Balaban J connectivity index is 2.31. The van der Waals surface area contributed by atoms with Gasteiger partial charge in [-0.05, 0) is 31.5 Å². The highest BCUT2D eigenvalue weighted by Crippen LogP contribution is 2.28. The number of hydrogen-bond acceptors (Lipinski definition) is 3. The number of aryl methyl sites for hydroxylation is 1. The van der Waals surface area contributed by atoms with Gasteiger partial charge in [0.25, 0.3) is 0 Å². The lowest BCUT2D eigenvalue weighted by atomic mass is 10.0. The lowest BCUT2D eigenvalue weighted by Crippen LogP contribution is -2.18. The number of benzene rings is 2. The molecule has 3 heteroatoms. The van der Waals surface area contributed by atoms with Gasteiger partial charge in [-0.2, -0.15) is 5.26 Å².